The molecule has 1 aromatic rings. The number of aliphatic hydroxyl groups excluding tert-OH is 1. The second-order valence-corrected chi connectivity index (χ2v) is 7.20. The van der Waals surface area contributed by atoms with Gasteiger partial charge in [0.05, 0.1) is 11.6 Å². The molecular formula is C19H29NO. The van der Waals surface area contributed by atoms with Crippen molar-refractivity contribution in [2.75, 3.05) is 13.1 Å². The Kier molecular flexibility index (Phi) is 4.11. The predicted molar refractivity (Wildman–Crippen MR) is 87.6 cm³/mol. The lowest BCUT2D eigenvalue weighted by Gasteiger charge is -2.43. The van der Waals surface area contributed by atoms with Crippen LogP contribution in [-0.4, -0.2) is 28.6 Å². The smallest absolute Gasteiger partial charge is 0.0976 e. The molecule has 1 N–H and O–H groups in total. The normalized spacial score (nSPS) is 23.6. The van der Waals surface area contributed by atoms with Crippen LogP contribution in [0.2, 0.25) is 0 Å². The number of hydrogen-bond acceptors (Lipinski definition) is 2. The van der Waals surface area contributed by atoms with E-state index in [0.29, 0.717) is 0 Å². The maximum Gasteiger partial charge on any atom is 0.0976 e. The van der Waals surface area contributed by atoms with Gasteiger partial charge in [0, 0.05) is 0 Å². The Bertz CT molecular complexity index is 511. The van der Waals surface area contributed by atoms with Crippen LogP contribution in [0, 0.1) is 20.8 Å². The van der Waals surface area contributed by atoms with Gasteiger partial charge in [-0.1, -0.05) is 25.0 Å². The number of hydrogen-bond donors (Lipinski definition) is 1. The number of nitrogens with zero attached hydrogens (tertiary/aromatic N) is 1. The minimum atomic E-state index is -0.336. The van der Waals surface area contributed by atoms with Crippen LogP contribution in [0.1, 0.15) is 66.9 Å². The lowest BCUT2D eigenvalue weighted by Crippen LogP contribution is -2.49. The summed E-state index contributed by atoms with van der Waals surface area (Å²) in [7, 11) is 0. The number of aliphatic hydroxyl groups is 1. The minimum absolute atomic E-state index is 0.00293. The van der Waals surface area contributed by atoms with Crippen molar-refractivity contribution in [3.05, 3.63) is 34.4 Å². The molecule has 2 aliphatic rings. The summed E-state index contributed by atoms with van der Waals surface area (Å²) in [5, 5.41) is 11.3. The topological polar surface area (TPSA) is 23.5 Å². The molecule has 2 heteroatoms. The predicted octanol–water partition coefficient (Wildman–Crippen LogP) is 4.05. The van der Waals surface area contributed by atoms with E-state index in [1.54, 1.807) is 0 Å². The molecule has 3 rings (SSSR count). The Morgan fingerprint density at radius 2 is 1.48 bits per heavy atom. The Balaban J connectivity index is 1.98. The van der Waals surface area contributed by atoms with E-state index >= 15 is 0 Å². The molecule has 1 atom stereocenters. The van der Waals surface area contributed by atoms with Gasteiger partial charge < -0.3 is 5.11 Å². The van der Waals surface area contributed by atoms with Crippen molar-refractivity contribution in [2.24, 2.45) is 0 Å². The Hall–Kier alpha value is -0.860. The first-order valence-electron chi connectivity index (χ1n) is 8.55. The fraction of sp³-hybridized carbons (Fsp3) is 0.684. The van der Waals surface area contributed by atoms with Gasteiger partial charge in [0.2, 0.25) is 0 Å². The minimum Gasteiger partial charge on any atom is -0.386 e. The highest BCUT2D eigenvalue weighted by atomic mass is 16.3. The van der Waals surface area contributed by atoms with Crippen molar-refractivity contribution in [1.82, 2.24) is 4.90 Å². The highest BCUT2D eigenvalue weighted by molar-refractivity contribution is 5.39. The van der Waals surface area contributed by atoms with Gasteiger partial charge >= 0.3 is 0 Å². The van der Waals surface area contributed by atoms with E-state index in [0.717, 1.165) is 18.4 Å². The zero-order valence-electron chi connectivity index (χ0n) is 13.8. The van der Waals surface area contributed by atoms with E-state index in [4.69, 9.17) is 0 Å². The van der Waals surface area contributed by atoms with E-state index in [2.05, 4.69) is 37.8 Å². The molecule has 1 aliphatic heterocycles. The zero-order valence-corrected chi connectivity index (χ0v) is 13.8. The molecule has 1 saturated heterocycles. The number of likely N-dealkylation sites (tertiary alicyclic amines) is 1. The molecule has 1 heterocycles. The van der Waals surface area contributed by atoms with E-state index < -0.39 is 0 Å². The fourth-order valence-electron chi connectivity index (χ4n) is 4.48. The summed E-state index contributed by atoms with van der Waals surface area (Å²) >= 11 is 0. The SMILES string of the molecule is Cc1cc(C)c(C(O)C2(N3CCCC3)CCCC2)cc1C. The van der Waals surface area contributed by atoms with E-state index in [9.17, 15) is 5.11 Å². The fourth-order valence-corrected chi connectivity index (χ4v) is 4.48. The summed E-state index contributed by atoms with van der Waals surface area (Å²) in [4.78, 5) is 2.60. The second kappa shape index (κ2) is 5.73. The molecule has 0 radical (unpaired) electrons. The van der Waals surface area contributed by atoms with Crippen molar-refractivity contribution in [3.8, 4) is 0 Å². The van der Waals surface area contributed by atoms with E-state index in [1.165, 1.54) is 55.5 Å². The largest absolute Gasteiger partial charge is 0.386 e. The molecule has 0 spiro atoms. The molecule has 1 aromatic carbocycles. The third-order valence-corrected chi connectivity index (χ3v) is 5.89. The van der Waals surface area contributed by atoms with Gasteiger partial charge in [-0.05, 0) is 81.8 Å². The Labute approximate surface area is 129 Å². The Morgan fingerprint density at radius 1 is 0.905 bits per heavy atom. The van der Waals surface area contributed by atoms with Crippen molar-refractivity contribution in [2.45, 2.75) is 70.9 Å². The summed E-state index contributed by atoms with van der Waals surface area (Å²) in [6.45, 7) is 8.80. The van der Waals surface area contributed by atoms with Crippen molar-refractivity contribution in [1.29, 1.82) is 0 Å². The van der Waals surface area contributed by atoms with Gasteiger partial charge in [0.25, 0.3) is 0 Å². The van der Waals surface area contributed by atoms with Crippen LogP contribution in [0.4, 0.5) is 0 Å². The second-order valence-electron chi connectivity index (χ2n) is 7.20. The number of aryl methyl sites for hydroxylation is 3. The van der Waals surface area contributed by atoms with E-state index in [1.807, 2.05) is 0 Å². The molecule has 21 heavy (non-hydrogen) atoms. The summed E-state index contributed by atoms with van der Waals surface area (Å²) in [5.41, 5.74) is 5.03. The summed E-state index contributed by atoms with van der Waals surface area (Å²) in [5.74, 6) is 0. The van der Waals surface area contributed by atoms with Crippen LogP contribution >= 0.6 is 0 Å². The molecule has 2 fully saturated rings. The van der Waals surface area contributed by atoms with Crippen LogP contribution in [-0.2, 0) is 0 Å². The Morgan fingerprint density at radius 3 is 2.10 bits per heavy atom. The molecule has 1 unspecified atom stereocenters. The van der Waals surface area contributed by atoms with E-state index in [-0.39, 0.29) is 11.6 Å². The lowest BCUT2D eigenvalue weighted by molar-refractivity contribution is -0.0199. The average molecular weight is 287 g/mol. The summed E-state index contributed by atoms with van der Waals surface area (Å²) in [6, 6.07) is 4.46. The third-order valence-electron chi connectivity index (χ3n) is 5.89. The van der Waals surface area contributed by atoms with Gasteiger partial charge in [-0.3, -0.25) is 4.90 Å². The average Bonchev–Trinajstić information content (AvgIpc) is 3.12. The highest BCUT2D eigenvalue weighted by Crippen LogP contribution is 2.46. The summed E-state index contributed by atoms with van der Waals surface area (Å²) < 4.78 is 0. The molecular weight excluding hydrogens is 258 g/mol. The first-order valence-corrected chi connectivity index (χ1v) is 8.55. The monoisotopic (exact) mass is 287 g/mol. The maximum absolute atomic E-state index is 11.3. The lowest BCUT2D eigenvalue weighted by atomic mass is 9.82. The number of rotatable bonds is 3. The number of benzene rings is 1. The van der Waals surface area contributed by atoms with Gasteiger partial charge in [-0.2, -0.15) is 0 Å². The van der Waals surface area contributed by atoms with Crippen LogP contribution < -0.4 is 0 Å². The first kappa shape index (κ1) is 15.1. The highest BCUT2D eigenvalue weighted by Gasteiger charge is 2.47. The third kappa shape index (κ3) is 2.53. The molecule has 0 amide bonds. The van der Waals surface area contributed by atoms with Crippen LogP contribution in [0.3, 0.4) is 0 Å². The van der Waals surface area contributed by atoms with Crippen LogP contribution in [0.5, 0.6) is 0 Å². The van der Waals surface area contributed by atoms with Crippen molar-refractivity contribution >= 4 is 0 Å². The molecule has 0 aromatic heterocycles. The summed E-state index contributed by atoms with van der Waals surface area (Å²) in [6.07, 6.45) is 7.08. The van der Waals surface area contributed by atoms with Gasteiger partial charge in [-0.15, -0.1) is 0 Å². The molecule has 0 bridgehead atoms. The van der Waals surface area contributed by atoms with Crippen LogP contribution in [0.25, 0.3) is 0 Å². The quantitative estimate of drug-likeness (QED) is 0.906. The first-order chi connectivity index (χ1) is 10.0. The van der Waals surface area contributed by atoms with Crippen LogP contribution in [0.15, 0.2) is 12.1 Å². The maximum atomic E-state index is 11.3. The van der Waals surface area contributed by atoms with Gasteiger partial charge in [-0.25, -0.2) is 0 Å². The zero-order chi connectivity index (χ0) is 15.0. The molecule has 2 nitrogen and oxygen atoms in total. The standard InChI is InChI=1S/C19H29NO/c1-14-12-16(3)17(13-15(14)2)18(21)19(8-4-5-9-19)20-10-6-7-11-20/h12-13,18,21H,4-11H2,1-3H3. The van der Waals surface area contributed by atoms with Gasteiger partial charge in [0.15, 0.2) is 0 Å². The van der Waals surface area contributed by atoms with Crippen molar-refractivity contribution < 1.29 is 5.11 Å². The molecule has 1 aliphatic carbocycles. The van der Waals surface area contributed by atoms with Crippen molar-refractivity contribution in [3.63, 3.8) is 0 Å². The van der Waals surface area contributed by atoms with Gasteiger partial charge in [0.1, 0.15) is 0 Å². The molecule has 1 saturated carbocycles. The molecule has 116 valence electrons.